The molecule has 7 N–H and O–H groups in total. The minimum absolute atomic E-state index is 0.0518. The van der Waals surface area contributed by atoms with Gasteiger partial charge in [0.15, 0.2) is 0 Å². The van der Waals surface area contributed by atoms with Crippen molar-refractivity contribution >= 4 is 35.5 Å². The highest BCUT2D eigenvalue weighted by Gasteiger charge is 2.31. The van der Waals surface area contributed by atoms with Crippen LogP contribution < -0.4 is 21.7 Å². The highest BCUT2D eigenvalue weighted by molar-refractivity contribution is 7.98. The molecule has 3 rings (SSSR count). The Balaban J connectivity index is 1.83. The molecule has 0 aliphatic rings. The summed E-state index contributed by atoms with van der Waals surface area (Å²) in [6.07, 6.45) is 2.53. The summed E-state index contributed by atoms with van der Waals surface area (Å²) in [4.78, 5) is 52.2. The number of rotatable bonds is 16. The summed E-state index contributed by atoms with van der Waals surface area (Å²) in [5.74, 6) is -2.31. The number of aromatic hydroxyl groups is 1. The summed E-state index contributed by atoms with van der Waals surface area (Å²) in [6, 6.07) is 19.8. The third kappa shape index (κ3) is 11.1. The Hall–Kier alpha value is -4.35. The minimum atomic E-state index is -1.23. The van der Waals surface area contributed by atoms with Gasteiger partial charge in [-0.25, -0.2) is 4.79 Å². The number of carbonyl (C=O) groups is 4. The molecule has 11 heteroatoms. The van der Waals surface area contributed by atoms with Crippen LogP contribution in [0.2, 0.25) is 0 Å². The number of carbonyl (C=O) groups excluding carboxylic acids is 3. The lowest BCUT2D eigenvalue weighted by atomic mass is 10.0. The molecule has 3 amide bonds. The molecule has 0 spiro atoms. The fourth-order valence-corrected chi connectivity index (χ4v) is 4.87. The maximum absolute atomic E-state index is 13.7. The number of hydrogen-bond acceptors (Lipinski definition) is 7. The van der Waals surface area contributed by atoms with Crippen LogP contribution in [0, 0.1) is 0 Å². The molecule has 4 atom stereocenters. The van der Waals surface area contributed by atoms with Crippen LogP contribution in [0.3, 0.4) is 0 Å². The average Bonchev–Trinajstić information content (AvgIpc) is 3.00. The van der Waals surface area contributed by atoms with Gasteiger partial charge in [0.1, 0.15) is 23.9 Å². The van der Waals surface area contributed by atoms with Crippen molar-refractivity contribution < 1.29 is 29.4 Å². The van der Waals surface area contributed by atoms with E-state index in [1.807, 2.05) is 18.4 Å². The lowest BCUT2D eigenvalue weighted by Crippen LogP contribution is -2.58. The highest BCUT2D eigenvalue weighted by atomic mass is 32.2. The molecular weight excluding hydrogens is 568 g/mol. The largest absolute Gasteiger partial charge is 0.508 e. The summed E-state index contributed by atoms with van der Waals surface area (Å²) in [5.41, 5.74) is 8.19. The van der Waals surface area contributed by atoms with Crippen molar-refractivity contribution in [1.82, 2.24) is 16.0 Å². The topological polar surface area (TPSA) is 171 Å². The number of benzene rings is 3. The summed E-state index contributed by atoms with van der Waals surface area (Å²) in [5, 5.41) is 27.5. The summed E-state index contributed by atoms with van der Waals surface area (Å²) >= 11 is 1.55. The summed E-state index contributed by atoms with van der Waals surface area (Å²) in [7, 11) is 0. The maximum atomic E-state index is 13.7. The molecule has 0 heterocycles. The van der Waals surface area contributed by atoms with Crippen LogP contribution in [-0.2, 0) is 38.4 Å². The second kappa shape index (κ2) is 16.9. The number of phenolic OH excluding ortho intramolecular Hbond substituents is 1. The van der Waals surface area contributed by atoms with Gasteiger partial charge >= 0.3 is 5.97 Å². The number of hydrogen-bond donors (Lipinski definition) is 6. The molecule has 0 aromatic heterocycles. The molecule has 3 aromatic carbocycles. The number of aliphatic carboxylic acids is 1. The first kappa shape index (κ1) is 33.2. The third-order valence-electron chi connectivity index (χ3n) is 6.79. The highest BCUT2D eigenvalue weighted by Crippen LogP contribution is 2.13. The SMILES string of the molecule is CSCCC(N)C(=O)NC(Cc1ccc(O)cc1)C(=O)NC(Cc1ccccc1)C(=O)NC(Cc1ccccc1)C(=O)O. The fraction of sp³-hybridized carbons (Fsp3) is 0.312. The van der Waals surface area contributed by atoms with Crippen molar-refractivity contribution in [3.05, 3.63) is 102 Å². The molecule has 0 bridgehead atoms. The van der Waals surface area contributed by atoms with E-state index in [0.29, 0.717) is 17.7 Å². The molecule has 0 aliphatic carbocycles. The Morgan fingerprint density at radius 1 is 0.674 bits per heavy atom. The van der Waals surface area contributed by atoms with Gasteiger partial charge in [-0.2, -0.15) is 11.8 Å². The van der Waals surface area contributed by atoms with E-state index in [1.54, 1.807) is 72.4 Å². The molecule has 0 saturated heterocycles. The lowest BCUT2D eigenvalue weighted by molar-refractivity contribution is -0.142. The van der Waals surface area contributed by atoms with Gasteiger partial charge in [-0.05, 0) is 47.3 Å². The fourth-order valence-electron chi connectivity index (χ4n) is 4.39. The van der Waals surface area contributed by atoms with Crippen molar-refractivity contribution in [2.45, 2.75) is 49.9 Å². The van der Waals surface area contributed by atoms with E-state index < -0.39 is 47.9 Å². The van der Waals surface area contributed by atoms with E-state index >= 15 is 0 Å². The second-order valence-electron chi connectivity index (χ2n) is 10.2. The van der Waals surface area contributed by atoms with Gasteiger partial charge in [-0.3, -0.25) is 14.4 Å². The summed E-state index contributed by atoms with van der Waals surface area (Å²) in [6.45, 7) is 0. The Morgan fingerprint density at radius 3 is 1.56 bits per heavy atom. The van der Waals surface area contributed by atoms with Gasteiger partial charge < -0.3 is 31.9 Å². The lowest BCUT2D eigenvalue weighted by Gasteiger charge is -2.25. The maximum Gasteiger partial charge on any atom is 0.326 e. The molecule has 43 heavy (non-hydrogen) atoms. The van der Waals surface area contributed by atoms with Crippen LogP contribution >= 0.6 is 11.8 Å². The van der Waals surface area contributed by atoms with Crippen molar-refractivity contribution in [2.24, 2.45) is 5.73 Å². The quantitative estimate of drug-likeness (QED) is 0.144. The van der Waals surface area contributed by atoms with E-state index in [-0.39, 0.29) is 25.0 Å². The number of nitrogens with two attached hydrogens (primary N) is 1. The zero-order valence-electron chi connectivity index (χ0n) is 23.9. The monoisotopic (exact) mass is 606 g/mol. The first-order chi connectivity index (χ1) is 20.7. The molecule has 228 valence electrons. The first-order valence-electron chi connectivity index (χ1n) is 13.9. The standard InChI is InChI=1S/C32H38N4O6S/c1-43-17-16-25(33)29(38)34-26(19-23-12-14-24(37)15-13-23)30(39)35-27(18-21-8-4-2-5-9-21)31(40)36-28(32(41)42)20-22-10-6-3-7-11-22/h2-15,25-28,37H,16-20,33H2,1H3,(H,34,38)(H,35,39)(H,36,40)(H,41,42). The van der Waals surface area contributed by atoms with Gasteiger partial charge in [-0.1, -0.05) is 72.8 Å². The van der Waals surface area contributed by atoms with E-state index in [2.05, 4.69) is 16.0 Å². The molecule has 3 aromatic rings. The van der Waals surface area contributed by atoms with Crippen LogP contribution in [-0.4, -0.2) is 70.1 Å². The van der Waals surface area contributed by atoms with Gasteiger partial charge in [0, 0.05) is 19.3 Å². The van der Waals surface area contributed by atoms with Crippen LogP contribution in [0.15, 0.2) is 84.9 Å². The number of carboxylic acids is 1. The zero-order valence-corrected chi connectivity index (χ0v) is 24.8. The normalized spacial score (nSPS) is 13.6. The van der Waals surface area contributed by atoms with Gasteiger partial charge in [0.25, 0.3) is 0 Å². The van der Waals surface area contributed by atoms with Crippen molar-refractivity contribution in [3.63, 3.8) is 0 Å². The summed E-state index contributed by atoms with van der Waals surface area (Å²) < 4.78 is 0. The number of thioether (sulfide) groups is 1. The van der Waals surface area contributed by atoms with Crippen molar-refractivity contribution in [3.8, 4) is 5.75 Å². The van der Waals surface area contributed by atoms with Crippen LogP contribution in [0.25, 0.3) is 0 Å². The van der Waals surface area contributed by atoms with E-state index in [0.717, 1.165) is 11.1 Å². The van der Waals surface area contributed by atoms with Gasteiger partial charge in [0.2, 0.25) is 17.7 Å². The number of phenols is 1. The van der Waals surface area contributed by atoms with Crippen molar-refractivity contribution in [2.75, 3.05) is 12.0 Å². The molecule has 4 unspecified atom stereocenters. The Bertz CT molecular complexity index is 1340. The van der Waals surface area contributed by atoms with Crippen LogP contribution in [0.4, 0.5) is 0 Å². The van der Waals surface area contributed by atoms with Crippen LogP contribution in [0.1, 0.15) is 23.1 Å². The smallest absolute Gasteiger partial charge is 0.326 e. The molecule has 10 nitrogen and oxygen atoms in total. The van der Waals surface area contributed by atoms with Crippen molar-refractivity contribution in [1.29, 1.82) is 0 Å². The predicted molar refractivity (Wildman–Crippen MR) is 167 cm³/mol. The zero-order chi connectivity index (χ0) is 31.2. The number of carboxylic acid groups (broad SMARTS) is 1. The number of amides is 3. The van der Waals surface area contributed by atoms with E-state index in [1.165, 1.54) is 12.1 Å². The number of nitrogens with one attached hydrogen (secondary N) is 3. The molecule has 0 radical (unpaired) electrons. The average molecular weight is 607 g/mol. The molecule has 0 fully saturated rings. The Morgan fingerprint density at radius 2 is 1.09 bits per heavy atom. The Labute approximate surface area is 255 Å². The van der Waals surface area contributed by atoms with Gasteiger partial charge in [-0.15, -0.1) is 0 Å². The second-order valence-corrected chi connectivity index (χ2v) is 11.1. The Kier molecular flexibility index (Phi) is 13.1. The van der Waals surface area contributed by atoms with Gasteiger partial charge in [0.05, 0.1) is 6.04 Å². The molecule has 0 saturated carbocycles. The molecule has 0 aliphatic heterocycles. The minimum Gasteiger partial charge on any atom is -0.508 e. The predicted octanol–water partition coefficient (Wildman–Crippen LogP) is 2.04. The van der Waals surface area contributed by atoms with Crippen LogP contribution in [0.5, 0.6) is 5.75 Å². The third-order valence-corrected chi connectivity index (χ3v) is 7.44. The van der Waals surface area contributed by atoms with E-state index in [4.69, 9.17) is 5.73 Å². The first-order valence-corrected chi connectivity index (χ1v) is 15.3. The van der Waals surface area contributed by atoms with E-state index in [9.17, 15) is 29.4 Å². The molecular formula is C32H38N4O6S.